The molecule has 0 saturated heterocycles. The van der Waals surface area contributed by atoms with Gasteiger partial charge in [0.2, 0.25) is 5.91 Å². The topological polar surface area (TPSA) is 79.3 Å². The van der Waals surface area contributed by atoms with Crippen LogP contribution >= 0.6 is 0 Å². The fourth-order valence-corrected chi connectivity index (χ4v) is 2.67. The molecule has 0 aliphatic heterocycles. The molecule has 1 aliphatic rings. The first-order valence-corrected chi connectivity index (χ1v) is 6.58. The van der Waals surface area contributed by atoms with Gasteiger partial charge in [0, 0.05) is 11.6 Å². The van der Waals surface area contributed by atoms with Crippen LogP contribution in [0, 0.1) is 5.41 Å². The Labute approximate surface area is 112 Å². The number of aromatic carboxylic acids is 1. The number of carbonyl (C=O) groups is 2. The molecular weight excluding hydrogens is 244 g/mol. The number of hydrogen-bond donors (Lipinski definition) is 2. The lowest BCUT2D eigenvalue weighted by atomic mass is 9.82. The molecule has 102 valence electrons. The number of nitrogens with zero attached hydrogens (tertiary/aromatic N) is 1. The van der Waals surface area contributed by atoms with Crippen LogP contribution < -0.4 is 5.32 Å². The Kier molecular flexibility index (Phi) is 3.83. The molecule has 2 N–H and O–H groups in total. The fraction of sp³-hybridized carbons (Fsp3) is 0.500. The smallest absolute Gasteiger partial charge is 0.335 e. The second-order valence-electron chi connectivity index (χ2n) is 5.03. The molecule has 1 aliphatic carbocycles. The maximum absolute atomic E-state index is 12.4. The summed E-state index contributed by atoms with van der Waals surface area (Å²) in [5.41, 5.74) is -0.178. The Balaban J connectivity index is 2.14. The van der Waals surface area contributed by atoms with Crippen molar-refractivity contribution >= 4 is 17.7 Å². The van der Waals surface area contributed by atoms with Gasteiger partial charge in [-0.3, -0.25) is 4.79 Å². The van der Waals surface area contributed by atoms with E-state index in [9.17, 15) is 9.59 Å². The van der Waals surface area contributed by atoms with E-state index in [1.165, 1.54) is 18.3 Å². The van der Waals surface area contributed by atoms with Gasteiger partial charge in [0.25, 0.3) is 0 Å². The molecule has 0 spiro atoms. The van der Waals surface area contributed by atoms with Crippen molar-refractivity contribution in [3.8, 4) is 0 Å². The average Bonchev–Trinajstić information content (AvgIpc) is 2.89. The summed E-state index contributed by atoms with van der Waals surface area (Å²) in [7, 11) is 0. The van der Waals surface area contributed by atoms with Crippen molar-refractivity contribution < 1.29 is 14.7 Å². The van der Waals surface area contributed by atoms with Crippen LogP contribution in [0.4, 0.5) is 5.82 Å². The monoisotopic (exact) mass is 262 g/mol. The van der Waals surface area contributed by atoms with Crippen LogP contribution in [0.5, 0.6) is 0 Å². The highest BCUT2D eigenvalue weighted by atomic mass is 16.4. The number of carboxylic acid groups (broad SMARTS) is 1. The molecule has 0 atom stereocenters. The van der Waals surface area contributed by atoms with E-state index in [1.807, 2.05) is 6.92 Å². The van der Waals surface area contributed by atoms with Crippen LogP contribution in [0.1, 0.15) is 49.4 Å². The molecule has 2 rings (SSSR count). The third kappa shape index (κ3) is 2.75. The Morgan fingerprint density at radius 3 is 2.68 bits per heavy atom. The Hall–Kier alpha value is -1.91. The Bertz CT molecular complexity index is 493. The van der Waals surface area contributed by atoms with E-state index in [-0.39, 0.29) is 16.9 Å². The van der Waals surface area contributed by atoms with Gasteiger partial charge in [-0.1, -0.05) is 19.8 Å². The summed E-state index contributed by atoms with van der Waals surface area (Å²) in [6.45, 7) is 2.02. The first-order chi connectivity index (χ1) is 9.07. The van der Waals surface area contributed by atoms with Gasteiger partial charge in [-0.2, -0.15) is 0 Å². The zero-order valence-corrected chi connectivity index (χ0v) is 11.0. The average molecular weight is 262 g/mol. The molecule has 1 saturated carbocycles. The largest absolute Gasteiger partial charge is 0.478 e. The van der Waals surface area contributed by atoms with Crippen LogP contribution in [0.25, 0.3) is 0 Å². The molecule has 5 nitrogen and oxygen atoms in total. The molecule has 5 heteroatoms. The molecule has 0 aromatic carbocycles. The number of aromatic nitrogens is 1. The van der Waals surface area contributed by atoms with Crippen molar-refractivity contribution in [1.29, 1.82) is 0 Å². The molecule has 1 aromatic heterocycles. The molecule has 0 unspecified atom stereocenters. The first kappa shape index (κ1) is 13.5. The van der Waals surface area contributed by atoms with Crippen molar-refractivity contribution in [3.63, 3.8) is 0 Å². The fourth-order valence-electron chi connectivity index (χ4n) is 2.67. The molecule has 19 heavy (non-hydrogen) atoms. The quantitative estimate of drug-likeness (QED) is 0.874. The number of amides is 1. The van der Waals surface area contributed by atoms with Crippen LogP contribution in [-0.4, -0.2) is 22.0 Å². The van der Waals surface area contributed by atoms with Gasteiger partial charge in [-0.25, -0.2) is 9.78 Å². The minimum atomic E-state index is -1.02. The first-order valence-electron chi connectivity index (χ1n) is 6.58. The Morgan fingerprint density at radius 2 is 2.11 bits per heavy atom. The predicted octanol–water partition coefficient (Wildman–Crippen LogP) is 2.69. The highest BCUT2D eigenvalue weighted by molar-refractivity contribution is 5.96. The molecule has 0 radical (unpaired) electrons. The summed E-state index contributed by atoms with van der Waals surface area (Å²) < 4.78 is 0. The van der Waals surface area contributed by atoms with Crippen LogP contribution in [0.2, 0.25) is 0 Å². The summed E-state index contributed by atoms with van der Waals surface area (Å²) >= 11 is 0. The van der Waals surface area contributed by atoms with Crippen LogP contribution in [0.3, 0.4) is 0 Å². The second-order valence-corrected chi connectivity index (χ2v) is 5.03. The van der Waals surface area contributed by atoms with Gasteiger partial charge in [0.05, 0.1) is 5.56 Å². The lowest BCUT2D eigenvalue weighted by Gasteiger charge is -2.25. The van der Waals surface area contributed by atoms with Crippen molar-refractivity contribution in [2.45, 2.75) is 39.0 Å². The summed E-state index contributed by atoms with van der Waals surface area (Å²) in [5, 5.41) is 11.7. The maximum atomic E-state index is 12.4. The van der Waals surface area contributed by atoms with Gasteiger partial charge < -0.3 is 10.4 Å². The third-order valence-corrected chi connectivity index (χ3v) is 3.97. The minimum absolute atomic E-state index is 0.0393. The number of nitrogens with one attached hydrogen (secondary N) is 1. The standard InChI is InChI=1S/C14H18N2O3/c1-2-14(6-3-4-7-14)13(19)16-11-9-10(12(17)18)5-8-15-11/h5,8-9H,2-4,6-7H2,1H3,(H,17,18)(H,15,16,19). The molecule has 0 bridgehead atoms. The molecule has 1 heterocycles. The van der Waals surface area contributed by atoms with Crippen LogP contribution in [-0.2, 0) is 4.79 Å². The zero-order chi connectivity index (χ0) is 13.9. The summed E-state index contributed by atoms with van der Waals surface area (Å²) in [4.78, 5) is 27.2. The maximum Gasteiger partial charge on any atom is 0.335 e. The van der Waals surface area contributed by atoms with Crippen molar-refractivity contribution in [3.05, 3.63) is 23.9 Å². The highest BCUT2D eigenvalue weighted by Crippen LogP contribution is 2.41. The number of carboxylic acids is 1. The van der Waals surface area contributed by atoms with Crippen molar-refractivity contribution in [2.75, 3.05) is 5.32 Å². The number of carbonyl (C=O) groups excluding carboxylic acids is 1. The molecule has 1 fully saturated rings. The summed E-state index contributed by atoms with van der Waals surface area (Å²) in [5.74, 6) is -0.754. The predicted molar refractivity (Wildman–Crippen MR) is 71.0 cm³/mol. The summed E-state index contributed by atoms with van der Waals surface area (Å²) in [6, 6.07) is 2.79. The van der Waals surface area contributed by atoms with E-state index in [0.29, 0.717) is 5.82 Å². The summed E-state index contributed by atoms with van der Waals surface area (Å²) in [6.07, 6.45) is 6.14. The number of hydrogen-bond acceptors (Lipinski definition) is 3. The number of pyridine rings is 1. The van der Waals surface area contributed by atoms with Crippen molar-refractivity contribution in [2.24, 2.45) is 5.41 Å². The minimum Gasteiger partial charge on any atom is -0.478 e. The third-order valence-electron chi connectivity index (χ3n) is 3.97. The van der Waals surface area contributed by atoms with E-state index in [2.05, 4.69) is 10.3 Å². The van der Waals surface area contributed by atoms with E-state index in [0.717, 1.165) is 32.1 Å². The van der Waals surface area contributed by atoms with Gasteiger partial charge in [0.1, 0.15) is 5.82 Å². The van der Waals surface area contributed by atoms with E-state index < -0.39 is 5.97 Å². The van der Waals surface area contributed by atoms with Crippen LogP contribution in [0.15, 0.2) is 18.3 Å². The highest BCUT2D eigenvalue weighted by Gasteiger charge is 2.39. The SMILES string of the molecule is CCC1(C(=O)Nc2cc(C(=O)O)ccn2)CCCC1. The van der Waals surface area contributed by atoms with Gasteiger partial charge in [-0.05, 0) is 31.4 Å². The van der Waals surface area contributed by atoms with Gasteiger partial charge >= 0.3 is 5.97 Å². The second kappa shape index (κ2) is 5.38. The lowest BCUT2D eigenvalue weighted by Crippen LogP contribution is -2.33. The van der Waals surface area contributed by atoms with Gasteiger partial charge in [0.15, 0.2) is 0 Å². The Morgan fingerprint density at radius 1 is 1.42 bits per heavy atom. The molecular formula is C14H18N2O3. The van der Waals surface area contributed by atoms with E-state index >= 15 is 0 Å². The van der Waals surface area contributed by atoms with E-state index in [1.54, 1.807) is 0 Å². The lowest BCUT2D eigenvalue weighted by molar-refractivity contribution is -0.125. The molecule has 1 aromatic rings. The molecule has 1 amide bonds. The van der Waals surface area contributed by atoms with E-state index in [4.69, 9.17) is 5.11 Å². The van der Waals surface area contributed by atoms with Gasteiger partial charge in [-0.15, -0.1) is 0 Å². The zero-order valence-electron chi connectivity index (χ0n) is 11.0. The van der Waals surface area contributed by atoms with Crippen molar-refractivity contribution in [1.82, 2.24) is 4.98 Å². The number of anilines is 1. The normalized spacial score (nSPS) is 17.1. The number of rotatable bonds is 4.